The Kier molecular flexibility index (Phi) is 4.52. The molecule has 5 rings (SSSR count). The molecule has 3 amide bonds. The van der Waals surface area contributed by atoms with Gasteiger partial charge in [-0.25, -0.2) is 13.2 Å². The molecule has 3 aliphatic heterocycles. The van der Waals surface area contributed by atoms with Crippen molar-refractivity contribution >= 4 is 33.4 Å². The Morgan fingerprint density at radius 1 is 1.19 bits per heavy atom. The van der Waals surface area contributed by atoms with Crippen LogP contribution in [0, 0.1) is 0 Å². The summed E-state index contributed by atoms with van der Waals surface area (Å²) in [4.78, 5) is 39.9. The molecule has 0 aliphatic carbocycles. The maximum Gasteiger partial charge on any atom is 0.325 e. The first kappa shape index (κ1) is 20.5. The van der Waals surface area contributed by atoms with Gasteiger partial charge in [-0.3, -0.25) is 18.8 Å². The highest BCUT2D eigenvalue weighted by Gasteiger charge is 2.55. The van der Waals surface area contributed by atoms with Gasteiger partial charge in [-0.2, -0.15) is 0 Å². The predicted octanol–water partition coefficient (Wildman–Crippen LogP) is 1.42. The molecule has 0 radical (unpaired) electrons. The molecule has 32 heavy (non-hydrogen) atoms. The second-order valence-electron chi connectivity index (χ2n) is 8.17. The van der Waals surface area contributed by atoms with E-state index in [1.54, 1.807) is 36.4 Å². The molecule has 9 nitrogen and oxygen atoms in total. The van der Waals surface area contributed by atoms with Gasteiger partial charge in [0.2, 0.25) is 10.0 Å². The van der Waals surface area contributed by atoms with E-state index in [-0.39, 0.29) is 13.0 Å². The van der Waals surface area contributed by atoms with Crippen molar-refractivity contribution in [3.05, 3.63) is 59.2 Å². The summed E-state index contributed by atoms with van der Waals surface area (Å²) in [6.45, 7) is 0.194. The van der Waals surface area contributed by atoms with Gasteiger partial charge in [0.25, 0.3) is 5.91 Å². The van der Waals surface area contributed by atoms with E-state index in [9.17, 15) is 22.8 Å². The van der Waals surface area contributed by atoms with E-state index in [4.69, 9.17) is 4.74 Å². The number of anilines is 1. The maximum absolute atomic E-state index is 13.3. The van der Waals surface area contributed by atoms with Crippen LogP contribution in [-0.2, 0) is 26.8 Å². The van der Waals surface area contributed by atoms with Crippen molar-refractivity contribution in [2.45, 2.75) is 18.4 Å². The number of ketones is 1. The molecule has 2 aromatic carbocycles. The molecule has 2 aromatic rings. The van der Waals surface area contributed by atoms with Crippen molar-refractivity contribution in [2.75, 3.05) is 30.3 Å². The largest absolute Gasteiger partial charge is 0.493 e. The van der Waals surface area contributed by atoms with Crippen LogP contribution in [-0.4, -0.2) is 57.0 Å². The third-order valence-corrected chi connectivity index (χ3v) is 7.39. The van der Waals surface area contributed by atoms with E-state index >= 15 is 0 Å². The van der Waals surface area contributed by atoms with Gasteiger partial charge in [-0.1, -0.05) is 18.2 Å². The number of benzene rings is 2. The number of nitrogens with zero attached hydrogens (tertiary/aromatic N) is 2. The number of hydrogen-bond donors (Lipinski definition) is 1. The Bertz CT molecular complexity index is 1270. The fourth-order valence-electron chi connectivity index (χ4n) is 4.64. The zero-order valence-electron chi connectivity index (χ0n) is 17.3. The number of fused-ring (bicyclic) bond motifs is 3. The van der Waals surface area contributed by atoms with Crippen LogP contribution in [0.1, 0.15) is 27.9 Å². The molecule has 3 heterocycles. The van der Waals surface area contributed by atoms with Gasteiger partial charge in [0.15, 0.2) is 11.3 Å². The van der Waals surface area contributed by atoms with Crippen LogP contribution in [0.15, 0.2) is 42.5 Å². The SMILES string of the molecule is CS(=O)(=O)N1CCc2cc(C(=O)CN3C(=O)N[C@@]4(CCOc5ccccc54)C3=O)ccc21. The number of imide groups is 1. The van der Waals surface area contributed by atoms with Gasteiger partial charge >= 0.3 is 6.03 Å². The summed E-state index contributed by atoms with van der Waals surface area (Å²) in [5.41, 5.74) is 0.969. The minimum absolute atomic E-state index is 0.270. The number of sulfonamides is 1. The lowest BCUT2D eigenvalue weighted by molar-refractivity contribution is -0.132. The van der Waals surface area contributed by atoms with Crippen molar-refractivity contribution in [2.24, 2.45) is 0 Å². The minimum atomic E-state index is -3.39. The monoisotopic (exact) mass is 455 g/mol. The Morgan fingerprint density at radius 2 is 1.97 bits per heavy atom. The summed E-state index contributed by atoms with van der Waals surface area (Å²) in [6, 6.07) is 11.2. The Morgan fingerprint density at radius 3 is 2.75 bits per heavy atom. The van der Waals surface area contributed by atoms with Crippen molar-refractivity contribution in [1.82, 2.24) is 10.2 Å². The molecule has 0 bridgehead atoms. The number of hydrogen-bond acceptors (Lipinski definition) is 6. The van der Waals surface area contributed by atoms with Gasteiger partial charge in [-0.15, -0.1) is 0 Å². The summed E-state index contributed by atoms with van der Waals surface area (Å²) in [5.74, 6) is -0.336. The lowest BCUT2D eigenvalue weighted by atomic mass is 9.84. The number of Topliss-reactive ketones (excluding diaryl/α,β-unsaturated/α-hetero) is 1. The smallest absolute Gasteiger partial charge is 0.325 e. The molecular formula is C22H21N3O6S. The highest BCUT2D eigenvalue weighted by atomic mass is 32.2. The average molecular weight is 455 g/mol. The third kappa shape index (κ3) is 3.05. The van der Waals surface area contributed by atoms with Gasteiger partial charge in [-0.05, 0) is 36.2 Å². The minimum Gasteiger partial charge on any atom is -0.493 e. The van der Waals surface area contributed by atoms with E-state index in [2.05, 4.69) is 5.32 Å². The summed E-state index contributed by atoms with van der Waals surface area (Å²) in [7, 11) is -3.39. The summed E-state index contributed by atoms with van der Waals surface area (Å²) >= 11 is 0. The maximum atomic E-state index is 13.3. The first-order valence-electron chi connectivity index (χ1n) is 10.2. The summed E-state index contributed by atoms with van der Waals surface area (Å²) < 4.78 is 30.8. The number of carbonyl (C=O) groups excluding carboxylic acids is 3. The van der Waals surface area contributed by atoms with Crippen LogP contribution in [0.5, 0.6) is 5.75 Å². The molecular weight excluding hydrogens is 434 g/mol. The first-order chi connectivity index (χ1) is 15.2. The van der Waals surface area contributed by atoms with Gasteiger partial charge < -0.3 is 10.1 Å². The van der Waals surface area contributed by atoms with E-state index in [1.807, 2.05) is 0 Å². The van der Waals surface area contributed by atoms with Crippen molar-refractivity contribution in [3.8, 4) is 5.75 Å². The second-order valence-corrected chi connectivity index (χ2v) is 10.1. The predicted molar refractivity (Wildman–Crippen MR) is 115 cm³/mol. The second kappa shape index (κ2) is 7.06. The molecule has 1 N–H and O–H groups in total. The number of carbonyl (C=O) groups is 3. The molecule has 1 fully saturated rings. The number of urea groups is 1. The molecule has 1 spiro atoms. The topological polar surface area (TPSA) is 113 Å². The Balaban J connectivity index is 1.40. The van der Waals surface area contributed by atoms with Crippen LogP contribution in [0.25, 0.3) is 0 Å². The lowest BCUT2D eigenvalue weighted by Gasteiger charge is -2.33. The van der Waals surface area contributed by atoms with Crippen molar-refractivity contribution < 1.29 is 27.5 Å². The van der Waals surface area contributed by atoms with E-state index < -0.39 is 39.8 Å². The van der Waals surface area contributed by atoms with E-state index in [0.29, 0.717) is 35.5 Å². The number of nitrogens with one attached hydrogen (secondary N) is 1. The molecule has 1 saturated heterocycles. The normalized spacial score (nSPS) is 21.9. The van der Waals surface area contributed by atoms with Gasteiger partial charge in [0.05, 0.1) is 25.1 Å². The quantitative estimate of drug-likeness (QED) is 0.551. The Labute approximate surface area is 185 Å². The highest BCUT2D eigenvalue weighted by Crippen LogP contribution is 2.41. The zero-order chi connectivity index (χ0) is 22.7. The van der Waals surface area contributed by atoms with Crippen LogP contribution in [0.4, 0.5) is 10.5 Å². The zero-order valence-corrected chi connectivity index (χ0v) is 18.1. The number of rotatable bonds is 4. The first-order valence-corrected chi connectivity index (χ1v) is 12.1. The molecule has 3 aliphatic rings. The van der Waals surface area contributed by atoms with E-state index in [0.717, 1.165) is 16.7 Å². The average Bonchev–Trinajstić information content (AvgIpc) is 3.29. The lowest BCUT2D eigenvalue weighted by Crippen LogP contribution is -2.47. The fraction of sp³-hybridized carbons (Fsp3) is 0.318. The summed E-state index contributed by atoms with van der Waals surface area (Å²) in [5, 5.41) is 2.78. The molecule has 0 unspecified atom stereocenters. The number of amides is 3. The standard InChI is InChI=1S/C22H21N3O6S/c1-32(29,30)25-10-8-14-12-15(6-7-17(14)25)18(26)13-24-20(27)22(23-21(24)28)9-11-31-19-5-3-2-4-16(19)22/h2-7,12H,8-11,13H2,1H3,(H,23,28)/t22-/m1/s1. The van der Waals surface area contributed by atoms with Crippen molar-refractivity contribution in [3.63, 3.8) is 0 Å². The van der Waals surface area contributed by atoms with Crippen LogP contribution < -0.4 is 14.4 Å². The molecule has 1 atom stereocenters. The fourth-order valence-corrected chi connectivity index (χ4v) is 5.60. The molecule has 0 saturated carbocycles. The van der Waals surface area contributed by atoms with E-state index in [1.165, 1.54) is 10.4 Å². The summed E-state index contributed by atoms with van der Waals surface area (Å²) in [6.07, 6.45) is 1.91. The Hall–Kier alpha value is -3.40. The van der Waals surface area contributed by atoms with Crippen LogP contribution >= 0.6 is 0 Å². The van der Waals surface area contributed by atoms with Gasteiger partial charge in [0.1, 0.15) is 5.75 Å². The van der Waals surface area contributed by atoms with Crippen LogP contribution in [0.2, 0.25) is 0 Å². The molecule has 0 aromatic heterocycles. The third-order valence-electron chi connectivity index (χ3n) is 6.21. The number of ether oxygens (including phenoxy) is 1. The van der Waals surface area contributed by atoms with Crippen LogP contribution in [0.3, 0.4) is 0 Å². The van der Waals surface area contributed by atoms with Crippen molar-refractivity contribution in [1.29, 1.82) is 0 Å². The number of para-hydroxylation sites is 1. The highest BCUT2D eigenvalue weighted by molar-refractivity contribution is 7.92. The molecule has 166 valence electrons. The van der Waals surface area contributed by atoms with Gasteiger partial charge in [0, 0.05) is 24.1 Å². The molecule has 10 heteroatoms.